The highest BCUT2D eigenvalue weighted by molar-refractivity contribution is 5.94. The predicted octanol–water partition coefficient (Wildman–Crippen LogP) is 3.53. The Bertz CT molecular complexity index is 638. The van der Waals surface area contributed by atoms with E-state index in [0.29, 0.717) is 29.9 Å². The summed E-state index contributed by atoms with van der Waals surface area (Å²) in [6.45, 7) is 9.48. The van der Waals surface area contributed by atoms with Crippen molar-refractivity contribution in [1.29, 1.82) is 0 Å². The van der Waals surface area contributed by atoms with Gasteiger partial charge in [-0.05, 0) is 31.9 Å². The Morgan fingerprint density at radius 3 is 2.41 bits per heavy atom. The van der Waals surface area contributed by atoms with Crippen molar-refractivity contribution in [2.24, 2.45) is 0 Å². The average Bonchev–Trinajstić information content (AvgIpc) is 2.89. The van der Waals surface area contributed by atoms with Crippen molar-refractivity contribution in [3.05, 3.63) is 53.3 Å². The van der Waals surface area contributed by atoms with Gasteiger partial charge in [-0.1, -0.05) is 30.8 Å². The molecule has 4 nitrogen and oxygen atoms in total. The molecule has 1 aliphatic rings. The van der Waals surface area contributed by atoms with Crippen molar-refractivity contribution in [1.82, 2.24) is 0 Å². The molecule has 0 fully saturated rings. The van der Waals surface area contributed by atoms with Crippen LogP contribution in [0.3, 0.4) is 0 Å². The lowest BCUT2D eigenvalue weighted by Crippen LogP contribution is -2.11. The molecule has 2 rings (SSSR count). The summed E-state index contributed by atoms with van der Waals surface area (Å²) in [4.78, 5) is 23.2. The second-order valence-electron chi connectivity index (χ2n) is 5.22. The topological polar surface area (TPSA) is 52.6 Å². The Labute approximate surface area is 130 Å². The van der Waals surface area contributed by atoms with Gasteiger partial charge in [0, 0.05) is 12.0 Å². The van der Waals surface area contributed by atoms with Crippen LogP contribution < -0.4 is 0 Å². The van der Waals surface area contributed by atoms with Gasteiger partial charge in [0.05, 0.1) is 12.2 Å². The molecule has 116 valence electrons. The van der Waals surface area contributed by atoms with Gasteiger partial charge in [-0.2, -0.15) is 0 Å². The second-order valence-corrected chi connectivity index (χ2v) is 5.22. The maximum Gasteiger partial charge on any atom is 0.337 e. The third kappa shape index (κ3) is 3.27. The lowest BCUT2D eigenvalue weighted by atomic mass is 9.97. The quantitative estimate of drug-likeness (QED) is 0.616. The first-order valence-corrected chi connectivity index (χ1v) is 7.27. The van der Waals surface area contributed by atoms with E-state index in [1.54, 1.807) is 26.0 Å². The highest BCUT2D eigenvalue weighted by Crippen LogP contribution is 2.33. The normalized spacial score (nSPS) is 17.1. The summed E-state index contributed by atoms with van der Waals surface area (Å²) in [6.07, 6.45) is 0.181. The van der Waals surface area contributed by atoms with Crippen LogP contribution in [0.4, 0.5) is 0 Å². The summed E-state index contributed by atoms with van der Waals surface area (Å²) in [5.74, 6) is 0.281. The average molecular weight is 300 g/mol. The van der Waals surface area contributed by atoms with Crippen molar-refractivity contribution >= 4 is 17.3 Å². The van der Waals surface area contributed by atoms with Crippen LogP contribution in [0.25, 0.3) is 5.57 Å². The van der Waals surface area contributed by atoms with Gasteiger partial charge in [-0.25, -0.2) is 4.79 Å². The number of esters is 1. The largest absolute Gasteiger partial charge is 0.489 e. The number of hydrogen-bond acceptors (Lipinski definition) is 4. The summed E-state index contributed by atoms with van der Waals surface area (Å²) in [6, 6.07) is 7.23. The number of hydrogen-bond donors (Lipinski definition) is 0. The monoisotopic (exact) mass is 300 g/mol. The molecule has 0 aromatic heterocycles. The predicted molar refractivity (Wildman–Crippen MR) is 84.3 cm³/mol. The Morgan fingerprint density at radius 1 is 1.27 bits per heavy atom. The van der Waals surface area contributed by atoms with Gasteiger partial charge < -0.3 is 9.47 Å². The third-order valence-electron chi connectivity index (χ3n) is 3.71. The van der Waals surface area contributed by atoms with Gasteiger partial charge in [0.25, 0.3) is 0 Å². The molecule has 1 aromatic carbocycles. The molecule has 1 unspecified atom stereocenters. The molecule has 0 aliphatic carbocycles. The molecule has 1 heterocycles. The van der Waals surface area contributed by atoms with Crippen LogP contribution in [0.5, 0.6) is 0 Å². The summed E-state index contributed by atoms with van der Waals surface area (Å²) in [7, 11) is 0. The van der Waals surface area contributed by atoms with E-state index >= 15 is 0 Å². The lowest BCUT2D eigenvalue weighted by molar-refractivity contribution is -0.138. The fraction of sp³-hybridized carbons (Fsp3) is 0.333. The Morgan fingerprint density at radius 2 is 1.86 bits per heavy atom. The number of rotatable bonds is 5. The van der Waals surface area contributed by atoms with Crippen LogP contribution in [0.2, 0.25) is 0 Å². The highest BCUT2D eigenvalue weighted by Gasteiger charge is 2.30. The molecular weight excluding hydrogens is 280 g/mol. The molecule has 0 saturated carbocycles. The zero-order valence-corrected chi connectivity index (χ0v) is 13.1. The van der Waals surface area contributed by atoms with E-state index in [9.17, 15) is 9.59 Å². The molecule has 0 N–H and O–H groups in total. The molecule has 0 bridgehead atoms. The molecule has 1 aromatic rings. The van der Waals surface area contributed by atoms with E-state index in [-0.39, 0.29) is 17.9 Å². The molecule has 22 heavy (non-hydrogen) atoms. The fourth-order valence-electron chi connectivity index (χ4n) is 2.40. The number of ether oxygens (including phenoxy) is 2. The van der Waals surface area contributed by atoms with Gasteiger partial charge in [0.15, 0.2) is 5.78 Å². The van der Waals surface area contributed by atoms with Crippen molar-refractivity contribution in [3.63, 3.8) is 0 Å². The van der Waals surface area contributed by atoms with Crippen LogP contribution in [-0.4, -0.2) is 24.5 Å². The lowest BCUT2D eigenvalue weighted by Gasteiger charge is -2.15. The van der Waals surface area contributed by atoms with Gasteiger partial charge in [-0.3, -0.25) is 4.79 Å². The second kappa shape index (κ2) is 6.60. The van der Waals surface area contributed by atoms with Crippen molar-refractivity contribution in [2.75, 3.05) is 6.61 Å². The third-order valence-corrected chi connectivity index (χ3v) is 3.71. The number of carbonyl (C=O) groups excluding carboxylic acids is 2. The molecule has 1 atom stereocenters. The van der Waals surface area contributed by atoms with Gasteiger partial charge in [0.1, 0.15) is 11.9 Å². The maximum absolute atomic E-state index is 11.9. The molecule has 4 heteroatoms. The summed E-state index contributed by atoms with van der Waals surface area (Å²) < 4.78 is 10.8. The van der Waals surface area contributed by atoms with Gasteiger partial charge in [-0.15, -0.1) is 0 Å². The smallest absolute Gasteiger partial charge is 0.337 e. The minimum absolute atomic E-state index is 0.0244. The van der Waals surface area contributed by atoms with Gasteiger partial charge in [0.2, 0.25) is 0 Å². The molecule has 0 spiro atoms. The van der Waals surface area contributed by atoms with Crippen molar-refractivity contribution in [2.45, 2.75) is 33.3 Å². The Hall–Kier alpha value is -2.36. The van der Waals surface area contributed by atoms with E-state index in [1.807, 2.05) is 12.1 Å². The number of ketones is 1. The molecule has 0 radical (unpaired) electrons. The van der Waals surface area contributed by atoms with Crippen LogP contribution in [-0.2, 0) is 14.3 Å². The molecule has 0 amide bonds. The Kier molecular flexibility index (Phi) is 4.81. The van der Waals surface area contributed by atoms with Crippen molar-refractivity contribution in [3.8, 4) is 0 Å². The minimum Gasteiger partial charge on any atom is -0.489 e. The maximum atomic E-state index is 11.9. The van der Waals surface area contributed by atoms with E-state index in [4.69, 9.17) is 9.47 Å². The van der Waals surface area contributed by atoms with Crippen LogP contribution in [0.1, 0.15) is 43.1 Å². The minimum atomic E-state index is -0.331. The van der Waals surface area contributed by atoms with Crippen LogP contribution in [0.15, 0.2) is 42.2 Å². The molecule has 0 saturated heterocycles. The molecular formula is C18H20O4. The summed E-state index contributed by atoms with van der Waals surface area (Å²) >= 11 is 0. The number of allylic oxidation sites excluding steroid dienone is 1. The van der Waals surface area contributed by atoms with Gasteiger partial charge >= 0.3 is 5.97 Å². The summed E-state index contributed by atoms with van der Waals surface area (Å²) in [5, 5.41) is 0. The number of benzene rings is 1. The van der Waals surface area contributed by atoms with Crippen molar-refractivity contribution < 1.29 is 19.1 Å². The SMILES string of the molecule is C=C(c1ccc(C(C)=O)cc1)C1CC(C(=O)OCC)=C(C)O1. The van der Waals surface area contributed by atoms with Crippen LogP contribution >= 0.6 is 0 Å². The zero-order chi connectivity index (χ0) is 16.3. The standard InChI is InChI=1S/C18H20O4/c1-5-21-18(20)16-10-17(22-13(16)4)11(2)14-6-8-15(9-7-14)12(3)19/h6-9,17H,2,5,10H2,1,3-4H3. The van der Waals surface area contributed by atoms with Crippen LogP contribution in [0, 0.1) is 0 Å². The Balaban J connectivity index is 2.09. The summed E-state index contributed by atoms with van der Waals surface area (Å²) in [5.41, 5.74) is 2.90. The highest BCUT2D eigenvalue weighted by atomic mass is 16.5. The first-order chi connectivity index (χ1) is 10.4. The number of Topliss-reactive ketones (excluding diaryl/α,β-unsaturated/α-hetero) is 1. The molecule has 1 aliphatic heterocycles. The van der Waals surface area contributed by atoms with E-state index in [0.717, 1.165) is 11.1 Å². The zero-order valence-electron chi connectivity index (χ0n) is 13.1. The first-order valence-electron chi connectivity index (χ1n) is 7.27. The van der Waals surface area contributed by atoms with E-state index < -0.39 is 0 Å². The van der Waals surface area contributed by atoms with E-state index in [2.05, 4.69) is 6.58 Å². The number of carbonyl (C=O) groups is 2. The van der Waals surface area contributed by atoms with E-state index in [1.165, 1.54) is 6.92 Å². The first kappa shape index (κ1) is 16.0. The fourth-order valence-corrected chi connectivity index (χ4v) is 2.40.